The van der Waals surface area contributed by atoms with E-state index < -0.39 is 0 Å². The summed E-state index contributed by atoms with van der Waals surface area (Å²) in [5.74, 6) is 5.01. The zero-order valence-corrected chi connectivity index (χ0v) is 12.0. The van der Waals surface area contributed by atoms with Gasteiger partial charge in [-0.2, -0.15) is 0 Å². The van der Waals surface area contributed by atoms with Crippen molar-refractivity contribution in [3.8, 4) is 11.6 Å². The standard InChI is InChI=1S/C15H17N5O2/c21-15(18-13-9-4-7(9)8-5-10(8)13)16-6-12-17-14(20-19-12)11-2-1-3-22-11/h1-3,7-10,13H,4-6H2,(H2,16,18,21)(H,17,19,20)/t7-,8-,9-,10-/m1/s1. The Morgan fingerprint density at radius 1 is 1.32 bits per heavy atom. The van der Waals surface area contributed by atoms with Crippen LogP contribution >= 0.6 is 0 Å². The fourth-order valence-corrected chi connectivity index (χ4v) is 4.07. The van der Waals surface area contributed by atoms with E-state index in [0.29, 0.717) is 30.0 Å². The number of nitrogens with one attached hydrogen (secondary N) is 3. The summed E-state index contributed by atoms with van der Waals surface area (Å²) in [6, 6.07) is 3.86. The number of furan rings is 1. The quantitative estimate of drug-likeness (QED) is 0.797. The number of amides is 2. The summed E-state index contributed by atoms with van der Waals surface area (Å²) < 4.78 is 5.24. The number of urea groups is 1. The zero-order chi connectivity index (χ0) is 14.7. The molecule has 3 fully saturated rings. The molecule has 0 spiro atoms. The average molecular weight is 299 g/mol. The Hall–Kier alpha value is -2.31. The van der Waals surface area contributed by atoms with Crippen molar-refractivity contribution in [2.75, 3.05) is 0 Å². The van der Waals surface area contributed by atoms with Gasteiger partial charge >= 0.3 is 6.03 Å². The molecule has 2 heterocycles. The lowest BCUT2D eigenvalue weighted by Gasteiger charge is -2.16. The van der Waals surface area contributed by atoms with Crippen molar-refractivity contribution in [1.82, 2.24) is 25.8 Å². The second-order valence-corrected chi connectivity index (χ2v) is 6.56. The maximum Gasteiger partial charge on any atom is 0.315 e. The first kappa shape index (κ1) is 12.3. The van der Waals surface area contributed by atoms with Crippen LogP contribution in [0.3, 0.4) is 0 Å². The molecule has 7 nitrogen and oxygen atoms in total. The van der Waals surface area contributed by atoms with Gasteiger partial charge < -0.3 is 15.1 Å². The van der Waals surface area contributed by atoms with E-state index in [2.05, 4.69) is 25.8 Å². The normalized spacial score (nSPS) is 33.9. The van der Waals surface area contributed by atoms with Crippen molar-refractivity contribution >= 4 is 6.03 Å². The first-order chi connectivity index (χ1) is 10.8. The van der Waals surface area contributed by atoms with Crippen LogP contribution in [0, 0.1) is 23.7 Å². The highest BCUT2D eigenvalue weighted by atomic mass is 16.3. The van der Waals surface area contributed by atoms with Crippen LogP contribution < -0.4 is 10.6 Å². The smallest absolute Gasteiger partial charge is 0.315 e. The Morgan fingerprint density at radius 2 is 2.14 bits per heavy atom. The third-order valence-electron chi connectivity index (χ3n) is 5.24. The molecule has 22 heavy (non-hydrogen) atoms. The summed E-state index contributed by atoms with van der Waals surface area (Å²) in [6.07, 6.45) is 4.19. The highest BCUT2D eigenvalue weighted by molar-refractivity contribution is 5.74. The third kappa shape index (κ3) is 1.92. The summed E-state index contributed by atoms with van der Waals surface area (Å²) in [7, 11) is 0. The predicted octanol–water partition coefficient (Wildman–Crippen LogP) is 1.52. The topological polar surface area (TPSA) is 95.8 Å². The van der Waals surface area contributed by atoms with E-state index in [1.807, 2.05) is 0 Å². The molecule has 0 bridgehead atoms. The molecule has 0 aliphatic heterocycles. The Labute approximate surface area is 126 Å². The molecule has 0 unspecified atom stereocenters. The van der Waals surface area contributed by atoms with E-state index in [1.54, 1.807) is 18.4 Å². The number of hydrogen-bond acceptors (Lipinski definition) is 4. The van der Waals surface area contributed by atoms with Gasteiger partial charge in [-0.15, -0.1) is 5.10 Å². The molecule has 114 valence electrons. The van der Waals surface area contributed by atoms with Gasteiger partial charge in [-0.1, -0.05) is 0 Å². The van der Waals surface area contributed by atoms with E-state index in [4.69, 9.17) is 4.42 Å². The molecule has 0 saturated heterocycles. The predicted molar refractivity (Wildman–Crippen MR) is 76.4 cm³/mol. The monoisotopic (exact) mass is 299 g/mol. The molecule has 3 saturated carbocycles. The highest BCUT2D eigenvalue weighted by Gasteiger charge is 2.67. The van der Waals surface area contributed by atoms with Crippen LogP contribution in [-0.4, -0.2) is 27.3 Å². The van der Waals surface area contributed by atoms with Crippen LogP contribution in [0.1, 0.15) is 18.7 Å². The number of H-pyrrole nitrogens is 1. The Balaban J connectivity index is 1.16. The van der Waals surface area contributed by atoms with E-state index in [9.17, 15) is 4.79 Å². The van der Waals surface area contributed by atoms with Gasteiger partial charge in [0.25, 0.3) is 0 Å². The van der Waals surface area contributed by atoms with E-state index in [0.717, 1.165) is 23.7 Å². The molecule has 2 aromatic rings. The van der Waals surface area contributed by atoms with Crippen LogP contribution in [0.15, 0.2) is 22.8 Å². The molecular formula is C15H17N5O2. The number of hydrogen-bond donors (Lipinski definition) is 3. The SMILES string of the molecule is O=C(NCc1nc(-c2ccco2)n[nH]1)NC1[C@@H]2C[C@@H]2[C@H]2C[C@@H]12. The number of carbonyl (C=O) groups is 1. The molecule has 3 aliphatic carbocycles. The number of carbonyl (C=O) groups excluding carboxylic acids is 1. The lowest BCUT2D eigenvalue weighted by molar-refractivity contribution is 0.233. The largest absolute Gasteiger partial charge is 0.461 e. The van der Waals surface area contributed by atoms with Crippen molar-refractivity contribution in [2.24, 2.45) is 23.7 Å². The number of fused-ring (bicyclic) bond motifs is 3. The molecule has 2 amide bonds. The maximum absolute atomic E-state index is 12.0. The first-order valence-electron chi connectivity index (χ1n) is 7.79. The van der Waals surface area contributed by atoms with Gasteiger partial charge in [0.2, 0.25) is 5.82 Å². The number of aromatic nitrogens is 3. The molecule has 7 heteroatoms. The highest BCUT2D eigenvalue weighted by Crippen LogP contribution is 2.69. The van der Waals surface area contributed by atoms with E-state index in [1.165, 1.54) is 12.8 Å². The van der Waals surface area contributed by atoms with Gasteiger partial charge in [0.1, 0.15) is 5.82 Å². The van der Waals surface area contributed by atoms with Gasteiger partial charge in [-0.05, 0) is 48.6 Å². The molecule has 2 aromatic heterocycles. The van der Waals surface area contributed by atoms with Crippen molar-refractivity contribution in [2.45, 2.75) is 25.4 Å². The average Bonchev–Trinajstić information content (AvgIpc) is 3.31. The second kappa shape index (κ2) is 4.34. The fraction of sp³-hybridized carbons (Fsp3) is 0.533. The summed E-state index contributed by atoms with van der Waals surface area (Å²) in [5.41, 5.74) is 0. The molecule has 0 radical (unpaired) electrons. The second-order valence-electron chi connectivity index (χ2n) is 6.56. The summed E-state index contributed by atoms with van der Waals surface area (Å²) in [6.45, 7) is 0.328. The van der Waals surface area contributed by atoms with Gasteiger partial charge in [0, 0.05) is 6.04 Å². The third-order valence-corrected chi connectivity index (χ3v) is 5.24. The molecule has 3 N–H and O–H groups in total. The lowest BCUT2D eigenvalue weighted by Crippen LogP contribution is -2.43. The Morgan fingerprint density at radius 3 is 2.86 bits per heavy atom. The zero-order valence-electron chi connectivity index (χ0n) is 12.0. The van der Waals surface area contributed by atoms with Gasteiger partial charge in [-0.25, -0.2) is 9.78 Å². The maximum atomic E-state index is 12.0. The lowest BCUT2D eigenvalue weighted by atomic mass is 10.1. The van der Waals surface area contributed by atoms with Crippen molar-refractivity contribution in [1.29, 1.82) is 0 Å². The van der Waals surface area contributed by atoms with Crippen LogP contribution in [0.25, 0.3) is 11.6 Å². The van der Waals surface area contributed by atoms with Crippen molar-refractivity contribution in [3.63, 3.8) is 0 Å². The summed E-state index contributed by atoms with van der Waals surface area (Å²) in [5, 5.41) is 12.9. The molecule has 0 aromatic carbocycles. The van der Waals surface area contributed by atoms with Crippen LogP contribution in [0.5, 0.6) is 0 Å². The van der Waals surface area contributed by atoms with Gasteiger partial charge in [0.05, 0.1) is 12.8 Å². The molecule has 5 rings (SSSR count). The number of nitrogens with zero attached hydrogens (tertiary/aromatic N) is 2. The van der Waals surface area contributed by atoms with Gasteiger partial charge in [0.15, 0.2) is 5.76 Å². The summed E-state index contributed by atoms with van der Waals surface area (Å²) in [4.78, 5) is 16.3. The minimum atomic E-state index is -0.112. The minimum Gasteiger partial charge on any atom is -0.461 e. The summed E-state index contributed by atoms with van der Waals surface area (Å²) >= 11 is 0. The van der Waals surface area contributed by atoms with Gasteiger partial charge in [-0.3, -0.25) is 5.10 Å². The number of rotatable bonds is 4. The van der Waals surface area contributed by atoms with E-state index >= 15 is 0 Å². The Bertz CT molecular complexity index is 693. The Kier molecular flexibility index (Phi) is 2.42. The fourth-order valence-electron chi connectivity index (χ4n) is 4.07. The molecule has 4 atom stereocenters. The van der Waals surface area contributed by atoms with E-state index in [-0.39, 0.29) is 6.03 Å². The minimum absolute atomic E-state index is 0.112. The molecule has 3 aliphatic rings. The molecular weight excluding hydrogens is 282 g/mol. The van der Waals surface area contributed by atoms with Crippen LogP contribution in [-0.2, 0) is 6.54 Å². The first-order valence-corrected chi connectivity index (χ1v) is 7.79. The van der Waals surface area contributed by atoms with Crippen LogP contribution in [0.4, 0.5) is 4.79 Å². The van der Waals surface area contributed by atoms with Crippen LogP contribution in [0.2, 0.25) is 0 Å². The number of aromatic amines is 1. The van der Waals surface area contributed by atoms with Crippen molar-refractivity contribution < 1.29 is 9.21 Å². The van der Waals surface area contributed by atoms with Crippen molar-refractivity contribution in [3.05, 3.63) is 24.2 Å².